The molecule has 0 amide bonds. The largest absolute Gasteiger partial charge is 0.478 e. The molecule has 2 N–H and O–H groups in total. The molecule has 0 aliphatic heterocycles. The van der Waals surface area contributed by atoms with Gasteiger partial charge in [0.1, 0.15) is 0 Å². The van der Waals surface area contributed by atoms with Crippen LogP contribution in [0.15, 0.2) is 30.3 Å². The highest BCUT2D eigenvalue weighted by Crippen LogP contribution is 2.37. The van der Waals surface area contributed by atoms with Gasteiger partial charge in [-0.2, -0.15) is 13.2 Å². The summed E-state index contributed by atoms with van der Waals surface area (Å²) in [5.74, 6) is -2.97. The molecule has 20 heavy (non-hydrogen) atoms. The summed E-state index contributed by atoms with van der Waals surface area (Å²) in [6, 6.07) is 5.01. The minimum Gasteiger partial charge on any atom is -0.478 e. The van der Waals surface area contributed by atoms with Crippen molar-refractivity contribution in [2.24, 2.45) is 0 Å². The van der Waals surface area contributed by atoms with Crippen LogP contribution in [-0.4, -0.2) is 22.2 Å². The first-order valence-electron chi connectivity index (χ1n) is 5.32. The fourth-order valence-electron chi connectivity index (χ4n) is 1.95. The van der Waals surface area contributed by atoms with E-state index in [9.17, 15) is 22.8 Å². The molecule has 2 aromatic rings. The maximum absolute atomic E-state index is 13.0. The molecule has 7 heteroatoms. The zero-order valence-corrected chi connectivity index (χ0v) is 9.73. The predicted molar refractivity (Wildman–Crippen MR) is 62.9 cm³/mol. The van der Waals surface area contributed by atoms with E-state index < -0.39 is 29.2 Å². The monoisotopic (exact) mass is 284 g/mol. The first-order chi connectivity index (χ1) is 9.21. The number of carboxylic acids is 2. The average molecular weight is 284 g/mol. The molecule has 0 aliphatic rings. The summed E-state index contributed by atoms with van der Waals surface area (Å²) in [5.41, 5.74) is -2.32. The normalized spacial score (nSPS) is 11.6. The van der Waals surface area contributed by atoms with Crippen molar-refractivity contribution >= 4 is 22.7 Å². The fourth-order valence-corrected chi connectivity index (χ4v) is 1.95. The Morgan fingerprint density at radius 2 is 1.60 bits per heavy atom. The van der Waals surface area contributed by atoms with Crippen LogP contribution in [0.25, 0.3) is 10.8 Å². The van der Waals surface area contributed by atoms with Crippen LogP contribution >= 0.6 is 0 Å². The highest BCUT2D eigenvalue weighted by Gasteiger charge is 2.37. The summed E-state index contributed by atoms with van der Waals surface area (Å²) in [6.45, 7) is 0. The van der Waals surface area contributed by atoms with Crippen molar-refractivity contribution in [1.29, 1.82) is 0 Å². The van der Waals surface area contributed by atoms with E-state index in [-0.39, 0.29) is 16.3 Å². The van der Waals surface area contributed by atoms with Crippen LogP contribution < -0.4 is 0 Å². The fraction of sp³-hybridized carbons (Fsp3) is 0.0769. The van der Waals surface area contributed by atoms with Crippen molar-refractivity contribution in [3.8, 4) is 0 Å². The van der Waals surface area contributed by atoms with E-state index in [4.69, 9.17) is 10.2 Å². The van der Waals surface area contributed by atoms with Crippen LogP contribution in [0.2, 0.25) is 0 Å². The van der Waals surface area contributed by atoms with Gasteiger partial charge >= 0.3 is 18.1 Å². The van der Waals surface area contributed by atoms with Gasteiger partial charge in [0.15, 0.2) is 0 Å². The molecular formula is C13H7F3O4. The van der Waals surface area contributed by atoms with Gasteiger partial charge in [0, 0.05) is 0 Å². The number of rotatable bonds is 2. The van der Waals surface area contributed by atoms with Crippen molar-refractivity contribution in [3.05, 3.63) is 47.0 Å². The summed E-state index contributed by atoms with van der Waals surface area (Å²) < 4.78 is 39.1. The molecule has 0 spiro atoms. The van der Waals surface area contributed by atoms with E-state index >= 15 is 0 Å². The molecule has 0 saturated carbocycles. The Balaban J connectivity index is 2.85. The van der Waals surface area contributed by atoms with Gasteiger partial charge in [0.2, 0.25) is 0 Å². The Labute approximate surface area is 110 Å². The summed E-state index contributed by atoms with van der Waals surface area (Å²) >= 11 is 0. The van der Waals surface area contributed by atoms with Gasteiger partial charge in [-0.15, -0.1) is 0 Å². The van der Waals surface area contributed by atoms with Crippen LogP contribution in [0.4, 0.5) is 13.2 Å². The molecule has 0 radical (unpaired) electrons. The molecule has 0 aliphatic carbocycles. The standard InChI is InChI=1S/C13H7F3O4/c14-13(15,16)10-8-3-2-7(11(17)18)5-6(8)1-4-9(10)12(19)20/h1-5H,(H,17,18)(H,19,20). The van der Waals surface area contributed by atoms with Crippen molar-refractivity contribution in [2.75, 3.05) is 0 Å². The molecule has 0 unspecified atom stereocenters. The molecule has 2 aromatic carbocycles. The van der Waals surface area contributed by atoms with Crippen LogP contribution in [0.1, 0.15) is 26.3 Å². The molecule has 0 heterocycles. The quantitative estimate of drug-likeness (QED) is 0.887. The number of hydrogen-bond donors (Lipinski definition) is 2. The lowest BCUT2D eigenvalue weighted by Gasteiger charge is -2.13. The third-order valence-electron chi connectivity index (χ3n) is 2.78. The molecule has 0 aromatic heterocycles. The minimum atomic E-state index is -4.85. The molecular weight excluding hydrogens is 277 g/mol. The Morgan fingerprint density at radius 3 is 2.10 bits per heavy atom. The van der Waals surface area contributed by atoms with Crippen molar-refractivity contribution in [3.63, 3.8) is 0 Å². The smallest absolute Gasteiger partial charge is 0.417 e. The van der Waals surface area contributed by atoms with Gasteiger partial charge in [-0.1, -0.05) is 12.1 Å². The SMILES string of the molecule is O=C(O)c1ccc2c(C(F)(F)F)c(C(=O)O)ccc2c1. The van der Waals surface area contributed by atoms with Crippen molar-refractivity contribution in [1.82, 2.24) is 0 Å². The van der Waals surface area contributed by atoms with E-state index in [1.807, 2.05) is 0 Å². The van der Waals surface area contributed by atoms with E-state index in [0.29, 0.717) is 0 Å². The summed E-state index contributed by atoms with van der Waals surface area (Å²) in [4.78, 5) is 21.7. The second kappa shape index (κ2) is 4.52. The van der Waals surface area contributed by atoms with Crippen molar-refractivity contribution in [2.45, 2.75) is 6.18 Å². The lowest BCUT2D eigenvalue weighted by molar-refractivity contribution is -0.136. The number of benzene rings is 2. The number of alkyl halides is 3. The van der Waals surface area contributed by atoms with E-state index in [1.54, 1.807) is 0 Å². The number of fused-ring (bicyclic) bond motifs is 1. The van der Waals surface area contributed by atoms with Gasteiger partial charge in [0.25, 0.3) is 0 Å². The molecule has 0 fully saturated rings. The number of carboxylic acid groups (broad SMARTS) is 2. The highest BCUT2D eigenvalue weighted by atomic mass is 19.4. The Morgan fingerprint density at radius 1 is 0.950 bits per heavy atom. The average Bonchev–Trinajstić information content (AvgIpc) is 2.35. The zero-order chi connectivity index (χ0) is 15.1. The highest BCUT2D eigenvalue weighted by molar-refractivity contribution is 6.01. The second-order valence-electron chi connectivity index (χ2n) is 4.03. The lowest BCUT2D eigenvalue weighted by atomic mass is 9.97. The van der Waals surface area contributed by atoms with Gasteiger partial charge in [0.05, 0.1) is 16.7 Å². The van der Waals surface area contributed by atoms with Crippen LogP contribution in [0.3, 0.4) is 0 Å². The van der Waals surface area contributed by atoms with E-state index in [1.165, 1.54) is 0 Å². The van der Waals surface area contributed by atoms with Crippen LogP contribution in [-0.2, 0) is 6.18 Å². The van der Waals surface area contributed by atoms with Gasteiger partial charge in [-0.25, -0.2) is 9.59 Å². The van der Waals surface area contributed by atoms with Crippen LogP contribution in [0.5, 0.6) is 0 Å². The maximum Gasteiger partial charge on any atom is 0.417 e. The lowest BCUT2D eigenvalue weighted by Crippen LogP contribution is -2.13. The van der Waals surface area contributed by atoms with Gasteiger partial charge in [-0.3, -0.25) is 0 Å². The molecule has 4 nitrogen and oxygen atoms in total. The first-order valence-corrected chi connectivity index (χ1v) is 5.32. The van der Waals surface area contributed by atoms with E-state index in [0.717, 1.165) is 30.3 Å². The third-order valence-corrected chi connectivity index (χ3v) is 2.78. The maximum atomic E-state index is 13.0. The summed E-state index contributed by atoms with van der Waals surface area (Å²) in [5, 5.41) is 17.3. The Bertz CT molecular complexity index is 719. The zero-order valence-electron chi connectivity index (χ0n) is 9.73. The molecule has 0 saturated heterocycles. The van der Waals surface area contributed by atoms with Crippen LogP contribution in [0, 0.1) is 0 Å². The minimum absolute atomic E-state index is 0.0159. The number of aromatic carboxylic acids is 2. The third kappa shape index (κ3) is 2.29. The van der Waals surface area contributed by atoms with E-state index in [2.05, 4.69) is 0 Å². The Hall–Kier alpha value is -2.57. The second-order valence-corrected chi connectivity index (χ2v) is 4.03. The topological polar surface area (TPSA) is 74.6 Å². The molecule has 2 rings (SSSR count). The number of halogens is 3. The summed E-state index contributed by atoms with van der Waals surface area (Å²) in [7, 11) is 0. The van der Waals surface area contributed by atoms with Gasteiger partial charge in [-0.05, 0) is 29.0 Å². The summed E-state index contributed by atoms with van der Waals surface area (Å²) in [6.07, 6.45) is -4.85. The molecule has 0 bridgehead atoms. The predicted octanol–water partition coefficient (Wildman–Crippen LogP) is 3.26. The first kappa shape index (κ1) is 13.9. The van der Waals surface area contributed by atoms with Gasteiger partial charge < -0.3 is 10.2 Å². The van der Waals surface area contributed by atoms with Crippen molar-refractivity contribution < 1.29 is 33.0 Å². The number of hydrogen-bond acceptors (Lipinski definition) is 2. The molecule has 0 atom stereocenters. The number of carbonyl (C=O) groups is 2. The Kier molecular flexibility index (Phi) is 3.13. The molecule has 104 valence electrons.